The van der Waals surface area contributed by atoms with E-state index in [0.717, 1.165) is 17.7 Å². The summed E-state index contributed by atoms with van der Waals surface area (Å²) < 4.78 is 5.10. The van der Waals surface area contributed by atoms with Gasteiger partial charge in [0, 0.05) is 6.54 Å². The highest BCUT2D eigenvalue weighted by molar-refractivity contribution is 6.43. The predicted octanol–water partition coefficient (Wildman–Crippen LogP) is 4.37. The Morgan fingerprint density at radius 2 is 1.86 bits per heavy atom. The number of urea groups is 1. The van der Waals surface area contributed by atoms with Crippen molar-refractivity contribution in [1.29, 1.82) is 0 Å². The number of nitrogens with one attached hydrogen (secondary N) is 2. The van der Waals surface area contributed by atoms with Gasteiger partial charge in [0.25, 0.3) is 0 Å². The maximum absolute atomic E-state index is 11.8. The highest BCUT2D eigenvalue weighted by Crippen LogP contribution is 2.29. The van der Waals surface area contributed by atoms with Gasteiger partial charge in [-0.2, -0.15) is 0 Å². The number of hydrogen-bond acceptors (Lipinski definition) is 2. The molecule has 0 aliphatic rings. The number of hydrogen-bond donors (Lipinski definition) is 2. The van der Waals surface area contributed by atoms with Gasteiger partial charge in [-0.15, -0.1) is 0 Å². The molecule has 0 saturated carbocycles. The van der Waals surface area contributed by atoms with E-state index < -0.39 is 0 Å². The lowest BCUT2D eigenvalue weighted by atomic mass is 10.1. The van der Waals surface area contributed by atoms with Gasteiger partial charge in [-0.1, -0.05) is 41.4 Å². The second-order valence-electron chi connectivity index (χ2n) is 4.58. The number of amides is 2. The van der Waals surface area contributed by atoms with E-state index >= 15 is 0 Å². The first-order chi connectivity index (χ1) is 10.6. The van der Waals surface area contributed by atoms with Crippen LogP contribution in [0.5, 0.6) is 5.75 Å². The fourth-order valence-electron chi connectivity index (χ4n) is 1.88. The molecule has 2 aromatic carbocycles. The average molecular weight is 339 g/mol. The molecule has 2 N–H and O–H groups in total. The average Bonchev–Trinajstić information content (AvgIpc) is 2.52. The second-order valence-corrected chi connectivity index (χ2v) is 5.37. The fraction of sp³-hybridized carbons (Fsp3) is 0.188. The predicted molar refractivity (Wildman–Crippen MR) is 90.2 cm³/mol. The number of carbonyl (C=O) groups is 1. The van der Waals surface area contributed by atoms with Crippen molar-refractivity contribution >= 4 is 34.9 Å². The SMILES string of the molecule is COc1ccc(CCNC(=O)Nc2cccc(Cl)c2Cl)cc1. The molecule has 0 radical (unpaired) electrons. The van der Waals surface area contributed by atoms with E-state index in [0.29, 0.717) is 22.3 Å². The Kier molecular flexibility index (Phi) is 5.92. The molecule has 6 heteroatoms. The minimum atomic E-state index is -0.322. The monoisotopic (exact) mass is 338 g/mol. The summed E-state index contributed by atoms with van der Waals surface area (Å²) in [6.45, 7) is 0.510. The largest absolute Gasteiger partial charge is 0.497 e. The number of carbonyl (C=O) groups excluding carboxylic acids is 1. The number of ether oxygens (including phenoxy) is 1. The molecule has 2 rings (SSSR count). The highest BCUT2D eigenvalue weighted by atomic mass is 35.5. The molecule has 0 aliphatic heterocycles. The van der Waals surface area contributed by atoms with Gasteiger partial charge >= 0.3 is 6.03 Å². The normalized spacial score (nSPS) is 10.1. The van der Waals surface area contributed by atoms with Crippen molar-refractivity contribution in [2.45, 2.75) is 6.42 Å². The number of halogens is 2. The molecule has 2 amide bonds. The van der Waals surface area contributed by atoms with E-state index in [1.54, 1.807) is 25.3 Å². The summed E-state index contributed by atoms with van der Waals surface area (Å²) in [5.41, 5.74) is 1.60. The Balaban J connectivity index is 1.81. The van der Waals surface area contributed by atoms with Crippen molar-refractivity contribution in [3.63, 3.8) is 0 Å². The molecule has 22 heavy (non-hydrogen) atoms. The van der Waals surface area contributed by atoms with Crippen LogP contribution in [-0.2, 0) is 6.42 Å². The van der Waals surface area contributed by atoms with Crippen LogP contribution in [-0.4, -0.2) is 19.7 Å². The summed E-state index contributed by atoms with van der Waals surface area (Å²) in [5, 5.41) is 6.17. The van der Waals surface area contributed by atoms with Crippen molar-refractivity contribution in [2.75, 3.05) is 19.0 Å². The van der Waals surface area contributed by atoms with Crippen LogP contribution in [0.4, 0.5) is 10.5 Å². The van der Waals surface area contributed by atoms with E-state index in [1.807, 2.05) is 24.3 Å². The van der Waals surface area contributed by atoms with Crippen LogP contribution in [0.3, 0.4) is 0 Å². The van der Waals surface area contributed by atoms with Gasteiger partial charge in [0.05, 0.1) is 22.8 Å². The first-order valence-electron chi connectivity index (χ1n) is 6.72. The van der Waals surface area contributed by atoms with Gasteiger partial charge in [-0.25, -0.2) is 4.79 Å². The summed E-state index contributed by atoms with van der Waals surface area (Å²) in [6.07, 6.45) is 0.723. The van der Waals surface area contributed by atoms with Crippen LogP contribution in [0.25, 0.3) is 0 Å². The zero-order valence-corrected chi connectivity index (χ0v) is 13.5. The maximum atomic E-state index is 11.8. The highest BCUT2D eigenvalue weighted by Gasteiger charge is 2.07. The lowest BCUT2D eigenvalue weighted by molar-refractivity contribution is 0.252. The molecule has 0 fully saturated rings. The molecule has 2 aromatic rings. The third-order valence-electron chi connectivity index (χ3n) is 3.06. The topological polar surface area (TPSA) is 50.4 Å². The lowest BCUT2D eigenvalue weighted by Crippen LogP contribution is -2.30. The number of benzene rings is 2. The van der Waals surface area contributed by atoms with Gasteiger partial charge in [0.1, 0.15) is 5.75 Å². The van der Waals surface area contributed by atoms with Crippen LogP contribution in [0, 0.1) is 0 Å². The lowest BCUT2D eigenvalue weighted by Gasteiger charge is -2.10. The van der Waals surface area contributed by atoms with Gasteiger partial charge < -0.3 is 15.4 Å². The minimum absolute atomic E-state index is 0.322. The molecule has 116 valence electrons. The smallest absolute Gasteiger partial charge is 0.319 e. The zero-order chi connectivity index (χ0) is 15.9. The van der Waals surface area contributed by atoms with Crippen molar-refractivity contribution < 1.29 is 9.53 Å². The quantitative estimate of drug-likeness (QED) is 0.850. The third-order valence-corrected chi connectivity index (χ3v) is 3.88. The standard InChI is InChI=1S/C16H16Cl2N2O2/c1-22-12-7-5-11(6-8-12)9-10-19-16(21)20-14-4-2-3-13(17)15(14)18/h2-8H,9-10H2,1H3,(H2,19,20,21). The summed E-state index contributed by atoms with van der Waals surface area (Å²) in [7, 11) is 1.63. The minimum Gasteiger partial charge on any atom is -0.497 e. The Labute approximate surface area is 139 Å². The van der Waals surface area contributed by atoms with E-state index in [4.69, 9.17) is 27.9 Å². The van der Waals surface area contributed by atoms with Crippen LogP contribution in [0.2, 0.25) is 10.0 Å². The summed E-state index contributed by atoms with van der Waals surface area (Å²) in [6, 6.07) is 12.5. The van der Waals surface area contributed by atoms with Gasteiger partial charge in [-0.3, -0.25) is 0 Å². The molecule has 0 spiro atoms. The zero-order valence-electron chi connectivity index (χ0n) is 12.0. The molecule has 0 unspecified atom stereocenters. The molecular formula is C16H16Cl2N2O2. The Bertz CT molecular complexity index is 645. The first kappa shape index (κ1) is 16.5. The van der Waals surface area contributed by atoms with Gasteiger partial charge in [0.2, 0.25) is 0 Å². The molecule has 4 nitrogen and oxygen atoms in total. The van der Waals surface area contributed by atoms with E-state index in [9.17, 15) is 4.79 Å². The Hall–Kier alpha value is -1.91. The molecular weight excluding hydrogens is 323 g/mol. The molecule has 0 saturated heterocycles. The summed E-state index contributed by atoms with van der Waals surface area (Å²) >= 11 is 11.9. The van der Waals surface area contributed by atoms with Crippen LogP contribution < -0.4 is 15.4 Å². The van der Waals surface area contributed by atoms with E-state index in [1.165, 1.54) is 0 Å². The fourth-order valence-corrected chi connectivity index (χ4v) is 2.23. The number of methoxy groups -OCH3 is 1. The molecule has 0 aromatic heterocycles. The molecule has 0 aliphatic carbocycles. The van der Waals surface area contributed by atoms with Crippen LogP contribution >= 0.6 is 23.2 Å². The summed E-state index contributed by atoms with van der Waals surface area (Å²) in [5.74, 6) is 0.810. The van der Waals surface area contributed by atoms with Crippen LogP contribution in [0.15, 0.2) is 42.5 Å². The second kappa shape index (κ2) is 7.92. The molecule has 0 heterocycles. The van der Waals surface area contributed by atoms with Crippen molar-refractivity contribution in [3.8, 4) is 5.75 Å². The number of anilines is 1. The first-order valence-corrected chi connectivity index (χ1v) is 7.47. The molecule has 0 atom stereocenters. The Morgan fingerprint density at radius 1 is 1.14 bits per heavy atom. The Morgan fingerprint density at radius 3 is 2.55 bits per heavy atom. The van der Waals surface area contributed by atoms with Gasteiger partial charge in [-0.05, 0) is 36.2 Å². The van der Waals surface area contributed by atoms with E-state index in [2.05, 4.69) is 10.6 Å². The molecule has 0 bridgehead atoms. The third kappa shape index (κ3) is 4.55. The van der Waals surface area contributed by atoms with Crippen molar-refractivity contribution in [2.24, 2.45) is 0 Å². The van der Waals surface area contributed by atoms with Crippen molar-refractivity contribution in [1.82, 2.24) is 5.32 Å². The summed E-state index contributed by atoms with van der Waals surface area (Å²) in [4.78, 5) is 11.8. The van der Waals surface area contributed by atoms with E-state index in [-0.39, 0.29) is 6.03 Å². The number of rotatable bonds is 5. The van der Waals surface area contributed by atoms with Crippen LogP contribution in [0.1, 0.15) is 5.56 Å². The van der Waals surface area contributed by atoms with Gasteiger partial charge in [0.15, 0.2) is 0 Å². The van der Waals surface area contributed by atoms with Crippen molar-refractivity contribution in [3.05, 3.63) is 58.1 Å². The maximum Gasteiger partial charge on any atom is 0.319 e.